The lowest BCUT2D eigenvalue weighted by Gasteiger charge is -2.33. The molecule has 7 nitrogen and oxygen atoms in total. The van der Waals surface area contributed by atoms with E-state index >= 15 is 0 Å². The Bertz CT molecular complexity index is 1230. The smallest absolute Gasteiger partial charge is 0.224 e. The number of phenolic OH excluding ortho intramolecular Hbond substituents is 1. The van der Waals surface area contributed by atoms with Crippen LogP contribution in [0.5, 0.6) is 5.75 Å². The number of benzene rings is 2. The second-order valence-electron chi connectivity index (χ2n) is 8.86. The molecule has 1 aliphatic rings. The number of hydrogen-bond donors (Lipinski definition) is 3. The Morgan fingerprint density at radius 3 is 2.51 bits per heavy atom. The molecule has 0 amide bonds. The van der Waals surface area contributed by atoms with Gasteiger partial charge >= 0.3 is 0 Å². The van der Waals surface area contributed by atoms with Crippen molar-refractivity contribution >= 4 is 11.8 Å². The Hall–Kier alpha value is -3.97. The van der Waals surface area contributed by atoms with Crippen LogP contribution in [0.4, 0.5) is 11.8 Å². The molecule has 1 saturated heterocycles. The van der Waals surface area contributed by atoms with E-state index in [9.17, 15) is 5.11 Å². The third kappa shape index (κ3) is 6.13. The average molecular weight is 467 g/mol. The molecule has 0 aliphatic carbocycles. The predicted molar refractivity (Wildman–Crippen MR) is 139 cm³/mol. The maximum atomic E-state index is 10.0. The molecule has 0 unspecified atom stereocenters. The summed E-state index contributed by atoms with van der Waals surface area (Å²) in [6.45, 7) is 3.59. The van der Waals surface area contributed by atoms with E-state index in [0.717, 1.165) is 55.1 Å². The average Bonchev–Trinajstić information content (AvgIpc) is 2.90. The highest BCUT2D eigenvalue weighted by Crippen LogP contribution is 2.30. The van der Waals surface area contributed by atoms with Crippen molar-refractivity contribution < 1.29 is 5.11 Å². The molecule has 2 aromatic carbocycles. The first-order valence-electron chi connectivity index (χ1n) is 12.1. The van der Waals surface area contributed by atoms with Crippen molar-refractivity contribution in [3.8, 4) is 16.9 Å². The minimum atomic E-state index is 0.222. The van der Waals surface area contributed by atoms with E-state index in [-0.39, 0.29) is 5.75 Å². The normalized spacial score (nSPS) is 14.5. The van der Waals surface area contributed by atoms with Crippen molar-refractivity contribution in [1.82, 2.24) is 19.9 Å². The van der Waals surface area contributed by atoms with Crippen LogP contribution in [0.25, 0.3) is 11.1 Å². The van der Waals surface area contributed by atoms with Gasteiger partial charge in [0, 0.05) is 43.6 Å². The van der Waals surface area contributed by atoms with Gasteiger partial charge in [0.1, 0.15) is 11.6 Å². The summed E-state index contributed by atoms with van der Waals surface area (Å²) in [5, 5.41) is 17.0. The van der Waals surface area contributed by atoms with E-state index in [1.807, 2.05) is 36.5 Å². The summed E-state index contributed by atoms with van der Waals surface area (Å²) in [6, 6.07) is 24.0. The SMILES string of the molecule is Oc1cccc(-c2cnc(NCc3ccccn3)nc2NC2CCN(Cc3ccccc3)CC2)c1. The second-order valence-corrected chi connectivity index (χ2v) is 8.86. The molecule has 3 heterocycles. The van der Waals surface area contributed by atoms with E-state index in [4.69, 9.17) is 4.98 Å². The highest BCUT2D eigenvalue weighted by molar-refractivity contribution is 5.76. The number of aromatic hydroxyl groups is 1. The van der Waals surface area contributed by atoms with Crippen molar-refractivity contribution in [3.63, 3.8) is 0 Å². The van der Waals surface area contributed by atoms with E-state index in [0.29, 0.717) is 18.5 Å². The van der Waals surface area contributed by atoms with Gasteiger partial charge in [-0.2, -0.15) is 4.98 Å². The first-order valence-corrected chi connectivity index (χ1v) is 12.1. The minimum Gasteiger partial charge on any atom is -0.508 e. The molecule has 3 N–H and O–H groups in total. The van der Waals surface area contributed by atoms with Crippen LogP contribution < -0.4 is 10.6 Å². The number of pyridine rings is 1. The van der Waals surface area contributed by atoms with Crippen LogP contribution >= 0.6 is 0 Å². The molecule has 1 fully saturated rings. The summed E-state index contributed by atoms with van der Waals surface area (Å²) in [7, 11) is 0. The van der Waals surface area contributed by atoms with Crippen molar-refractivity contribution in [2.45, 2.75) is 32.0 Å². The van der Waals surface area contributed by atoms with Gasteiger partial charge in [-0.05, 0) is 48.2 Å². The van der Waals surface area contributed by atoms with Crippen molar-refractivity contribution in [2.24, 2.45) is 0 Å². The molecule has 0 bridgehead atoms. The number of anilines is 2. The van der Waals surface area contributed by atoms with Gasteiger partial charge < -0.3 is 15.7 Å². The number of hydrogen-bond acceptors (Lipinski definition) is 7. The summed E-state index contributed by atoms with van der Waals surface area (Å²) in [4.78, 5) is 16.2. The highest BCUT2D eigenvalue weighted by Gasteiger charge is 2.21. The van der Waals surface area contributed by atoms with Crippen LogP contribution in [0.2, 0.25) is 0 Å². The Kier molecular flexibility index (Phi) is 7.15. The molecule has 0 atom stereocenters. The fraction of sp³-hybridized carbons (Fsp3) is 0.250. The first kappa shape index (κ1) is 22.8. The van der Waals surface area contributed by atoms with Crippen LogP contribution in [0.15, 0.2) is 85.2 Å². The maximum Gasteiger partial charge on any atom is 0.224 e. The molecule has 4 aromatic rings. The number of likely N-dealkylation sites (tertiary alicyclic amines) is 1. The number of piperidine rings is 1. The summed E-state index contributed by atoms with van der Waals surface area (Å²) >= 11 is 0. The zero-order valence-electron chi connectivity index (χ0n) is 19.6. The Morgan fingerprint density at radius 1 is 0.914 bits per heavy atom. The molecule has 0 saturated carbocycles. The number of nitrogens with one attached hydrogen (secondary N) is 2. The molecule has 5 rings (SSSR count). The van der Waals surface area contributed by atoms with E-state index < -0.39 is 0 Å². The molecular formula is C28H30N6O. The topological polar surface area (TPSA) is 86.2 Å². The molecule has 178 valence electrons. The standard InChI is InChI=1S/C28H30N6O/c35-25-11-6-9-22(17-25)26-19-31-28(30-18-24-10-4-5-14-29-24)33-27(26)32-23-12-15-34(16-13-23)20-21-7-2-1-3-8-21/h1-11,14,17,19,23,35H,12-13,15-16,18,20H2,(H2,30,31,32,33). The molecule has 0 spiro atoms. The summed E-state index contributed by atoms with van der Waals surface area (Å²) < 4.78 is 0. The number of phenols is 1. The highest BCUT2D eigenvalue weighted by atomic mass is 16.3. The van der Waals surface area contributed by atoms with Gasteiger partial charge in [0.2, 0.25) is 5.95 Å². The molecular weight excluding hydrogens is 436 g/mol. The molecule has 35 heavy (non-hydrogen) atoms. The van der Waals surface area contributed by atoms with Crippen LogP contribution in [0.3, 0.4) is 0 Å². The first-order chi connectivity index (χ1) is 17.2. The summed E-state index contributed by atoms with van der Waals surface area (Å²) in [5.74, 6) is 1.54. The Balaban J connectivity index is 1.30. The lowest BCUT2D eigenvalue weighted by atomic mass is 10.0. The molecule has 0 radical (unpaired) electrons. The van der Waals surface area contributed by atoms with Gasteiger partial charge in [-0.25, -0.2) is 4.98 Å². The van der Waals surface area contributed by atoms with E-state index in [2.05, 4.69) is 55.8 Å². The fourth-order valence-corrected chi connectivity index (χ4v) is 4.40. The third-order valence-corrected chi connectivity index (χ3v) is 6.28. The predicted octanol–water partition coefficient (Wildman–Crippen LogP) is 4.93. The van der Waals surface area contributed by atoms with Gasteiger partial charge in [-0.1, -0.05) is 48.5 Å². The second kappa shape index (κ2) is 11.0. The van der Waals surface area contributed by atoms with Gasteiger partial charge in [0.25, 0.3) is 0 Å². The maximum absolute atomic E-state index is 10.0. The number of nitrogens with zero attached hydrogens (tertiary/aromatic N) is 4. The quantitative estimate of drug-likeness (QED) is 0.339. The van der Waals surface area contributed by atoms with Gasteiger partial charge in [-0.3, -0.25) is 9.88 Å². The monoisotopic (exact) mass is 466 g/mol. The Labute approximate surface area is 205 Å². The van der Waals surface area contributed by atoms with Crippen LogP contribution in [-0.2, 0) is 13.1 Å². The summed E-state index contributed by atoms with van der Waals surface area (Å²) in [6.07, 6.45) is 5.66. The molecule has 2 aromatic heterocycles. The lowest BCUT2D eigenvalue weighted by molar-refractivity contribution is 0.211. The lowest BCUT2D eigenvalue weighted by Crippen LogP contribution is -2.38. The van der Waals surface area contributed by atoms with E-state index in [1.54, 1.807) is 18.3 Å². The summed E-state index contributed by atoms with van der Waals surface area (Å²) in [5.41, 5.74) is 4.03. The van der Waals surface area contributed by atoms with Gasteiger partial charge in [-0.15, -0.1) is 0 Å². The van der Waals surface area contributed by atoms with Gasteiger partial charge in [0.05, 0.1) is 12.2 Å². The minimum absolute atomic E-state index is 0.222. The van der Waals surface area contributed by atoms with Crippen LogP contribution in [0, 0.1) is 0 Å². The fourth-order valence-electron chi connectivity index (χ4n) is 4.40. The van der Waals surface area contributed by atoms with Crippen molar-refractivity contribution in [3.05, 3.63) is 96.4 Å². The Morgan fingerprint density at radius 2 is 1.74 bits per heavy atom. The largest absolute Gasteiger partial charge is 0.508 e. The van der Waals surface area contributed by atoms with E-state index in [1.165, 1.54) is 5.56 Å². The zero-order valence-corrected chi connectivity index (χ0v) is 19.6. The van der Waals surface area contributed by atoms with Crippen molar-refractivity contribution in [2.75, 3.05) is 23.7 Å². The van der Waals surface area contributed by atoms with Crippen LogP contribution in [0.1, 0.15) is 24.1 Å². The number of aromatic nitrogens is 3. The zero-order chi connectivity index (χ0) is 23.9. The van der Waals surface area contributed by atoms with Gasteiger partial charge in [0.15, 0.2) is 0 Å². The number of rotatable bonds is 8. The van der Waals surface area contributed by atoms with Crippen LogP contribution in [-0.4, -0.2) is 44.1 Å². The third-order valence-electron chi connectivity index (χ3n) is 6.28. The molecule has 7 heteroatoms. The molecule has 1 aliphatic heterocycles. The van der Waals surface area contributed by atoms with Crippen molar-refractivity contribution in [1.29, 1.82) is 0 Å².